The van der Waals surface area contributed by atoms with Gasteiger partial charge in [0.05, 0.1) is 19.6 Å². The molecule has 0 aliphatic heterocycles. The standard InChI is InChI=1S/C18H19Cl2NO3/c1-3-23-16-6-5-12(7-17(16)24-4-2)8-18(22)21-15-10-13(19)9-14(20)11-15/h5-7,9-11H,3-4,8H2,1-2H3,(H,21,22). The van der Waals surface area contributed by atoms with Crippen LogP contribution in [-0.2, 0) is 11.2 Å². The lowest BCUT2D eigenvalue weighted by Crippen LogP contribution is -2.14. The second-order valence-corrected chi connectivity index (χ2v) is 5.90. The molecule has 0 spiro atoms. The maximum atomic E-state index is 12.2. The Labute approximate surface area is 151 Å². The van der Waals surface area contributed by atoms with E-state index in [9.17, 15) is 4.79 Å². The molecule has 0 saturated carbocycles. The first-order valence-electron chi connectivity index (χ1n) is 7.66. The summed E-state index contributed by atoms with van der Waals surface area (Å²) in [6, 6.07) is 10.4. The van der Waals surface area contributed by atoms with Gasteiger partial charge in [0.25, 0.3) is 0 Å². The fraction of sp³-hybridized carbons (Fsp3) is 0.278. The van der Waals surface area contributed by atoms with Crippen LogP contribution >= 0.6 is 23.2 Å². The average molecular weight is 368 g/mol. The summed E-state index contributed by atoms with van der Waals surface area (Å²) >= 11 is 11.9. The molecule has 0 aromatic heterocycles. The molecule has 0 fully saturated rings. The number of ether oxygens (including phenoxy) is 2. The van der Waals surface area contributed by atoms with Crippen molar-refractivity contribution in [3.8, 4) is 11.5 Å². The zero-order valence-electron chi connectivity index (χ0n) is 13.6. The summed E-state index contributed by atoms with van der Waals surface area (Å²) in [7, 11) is 0. The number of benzene rings is 2. The summed E-state index contributed by atoms with van der Waals surface area (Å²) in [4.78, 5) is 12.2. The van der Waals surface area contributed by atoms with Gasteiger partial charge in [-0.3, -0.25) is 4.79 Å². The molecule has 0 aliphatic carbocycles. The van der Waals surface area contributed by atoms with Crippen molar-refractivity contribution in [3.63, 3.8) is 0 Å². The van der Waals surface area contributed by atoms with Crippen molar-refractivity contribution in [1.82, 2.24) is 0 Å². The van der Waals surface area contributed by atoms with Crippen molar-refractivity contribution >= 4 is 34.8 Å². The number of anilines is 1. The van der Waals surface area contributed by atoms with E-state index in [0.717, 1.165) is 5.56 Å². The molecule has 2 rings (SSSR count). The van der Waals surface area contributed by atoms with Crippen LogP contribution in [0, 0.1) is 0 Å². The summed E-state index contributed by atoms with van der Waals surface area (Å²) in [5.41, 5.74) is 1.39. The first-order valence-corrected chi connectivity index (χ1v) is 8.42. The Morgan fingerprint density at radius 3 is 2.21 bits per heavy atom. The van der Waals surface area contributed by atoms with Gasteiger partial charge in [0.1, 0.15) is 0 Å². The van der Waals surface area contributed by atoms with Gasteiger partial charge in [-0.2, -0.15) is 0 Å². The van der Waals surface area contributed by atoms with Crippen LogP contribution in [0.4, 0.5) is 5.69 Å². The van der Waals surface area contributed by atoms with Crippen molar-refractivity contribution in [3.05, 3.63) is 52.0 Å². The molecule has 0 unspecified atom stereocenters. The molecule has 0 bridgehead atoms. The largest absolute Gasteiger partial charge is 0.490 e. The van der Waals surface area contributed by atoms with Gasteiger partial charge in [-0.1, -0.05) is 29.3 Å². The molecular formula is C18H19Cl2NO3. The van der Waals surface area contributed by atoms with E-state index < -0.39 is 0 Å². The Morgan fingerprint density at radius 2 is 1.58 bits per heavy atom. The molecule has 0 aliphatic rings. The van der Waals surface area contributed by atoms with Crippen LogP contribution in [0.5, 0.6) is 11.5 Å². The van der Waals surface area contributed by atoms with Gasteiger partial charge in [0.2, 0.25) is 5.91 Å². The van der Waals surface area contributed by atoms with Crippen molar-refractivity contribution in [2.45, 2.75) is 20.3 Å². The van der Waals surface area contributed by atoms with Crippen molar-refractivity contribution < 1.29 is 14.3 Å². The number of rotatable bonds is 7. The number of carbonyl (C=O) groups excluding carboxylic acids is 1. The van der Waals surface area contributed by atoms with Crippen molar-refractivity contribution in [2.75, 3.05) is 18.5 Å². The maximum Gasteiger partial charge on any atom is 0.228 e. The van der Waals surface area contributed by atoms with Gasteiger partial charge in [-0.05, 0) is 49.7 Å². The molecule has 128 valence electrons. The van der Waals surface area contributed by atoms with Gasteiger partial charge >= 0.3 is 0 Å². The number of carbonyl (C=O) groups is 1. The number of amides is 1. The minimum Gasteiger partial charge on any atom is -0.490 e. The molecule has 2 aromatic rings. The summed E-state index contributed by atoms with van der Waals surface area (Å²) in [6.45, 7) is 4.89. The third-order valence-electron chi connectivity index (χ3n) is 3.12. The van der Waals surface area contributed by atoms with Crippen molar-refractivity contribution in [2.24, 2.45) is 0 Å². The number of hydrogen-bond donors (Lipinski definition) is 1. The molecule has 0 saturated heterocycles. The normalized spacial score (nSPS) is 10.3. The summed E-state index contributed by atoms with van der Waals surface area (Å²) in [5, 5.41) is 3.72. The van der Waals surface area contributed by atoms with Crippen LogP contribution in [0.15, 0.2) is 36.4 Å². The first kappa shape index (κ1) is 18.4. The second kappa shape index (κ2) is 8.81. The fourth-order valence-corrected chi connectivity index (χ4v) is 2.75. The van der Waals surface area contributed by atoms with E-state index in [-0.39, 0.29) is 12.3 Å². The smallest absolute Gasteiger partial charge is 0.228 e. The molecule has 0 heterocycles. The quantitative estimate of drug-likeness (QED) is 0.751. The second-order valence-electron chi connectivity index (χ2n) is 5.03. The Morgan fingerprint density at radius 1 is 0.958 bits per heavy atom. The van der Waals surface area contributed by atoms with E-state index in [1.165, 1.54) is 0 Å². The average Bonchev–Trinajstić information content (AvgIpc) is 2.49. The highest BCUT2D eigenvalue weighted by molar-refractivity contribution is 6.35. The lowest BCUT2D eigenvalue weighted by Gasteiger charge is -2.12. The Bertz CT molecular complexity index is 699. The molecule has 2 aromatic carbocycles. The van der Waals surface area contributed by atoms with Gasteiger partial charge < -0.3 is 14.8 Å². The lowest BCUT2D eigenvalue weighted by atomic mass is 10.1. The van der Waals surface area contributed by atoms with Gasteiger partial charge in [-0.15, -0.1) is 0 Å². The van der Waals surface area contributed by atoms with E-state index in [0.29, 0.717) is 40.4 Å². The van der Waals surface area contributed by atoms with Crippen molar-refractivity contribution in [1.29, 1.82) is 0 Å². The number of halogens is 2. The highest BCUT2D eigenvalue weighted by Crippen LogP contribution is 2.29. The lowest BCUT2D eigenvalue weighted by molar-refractivity contribution is -0.115. The fourth-order valence-electron chi connectivity index (χ4n) is 2.22. The van der Waals surface area contributed by atoms with Gasteiger partial charge in [-0.25, -0.2) is 0 Å². The zero-order valence-corrected chi connectivity index (χ0v) is 15.1. The maximum absolute atomic E-state index is 12.2. The SMILES string of the molecule is CCOc1ccc(CC(=O)Nc2cc(Cl)cc(Cl)c2)cc1OCC. The van der Waals surface area contributed by atoms with E-state index in [1.54, 1.807) is 18.2 Å². The Balaban J connectivity index is 2.09. The van der Waals surface area contributed by atoms with Crippen LogP contribution in [0.2, 0.25) is 10.0 Å². The Hall–Kier alpha value is -1.91. The van der Waals surface area contributed by atoms with E-state index in [1.807, 2.05) is 32.0 Å². The van der Waals surface area contributed by atoms with Crippen LogP contribution in [-0.4, -0.2) is 19.1 Å². The summed E-state index contributed by atoms with van der Waals surface area (Å²) in [6.07, 6.45) is 0.205. The predicted octanol–water partition coefficient (Wildman–Crippen LogP) is 4.97. The number of hydrogen-bond acceptors (Lipinski definition) is 3. The molecule has 1 N–H and O–H groups in total. The topological polar surface area (TPSA) is 47.6 Å². The molecule has 0 radical (unpaired) electrons. The third kappa shape index (κ3) is 5.32. The predicted molar refractivity (Wildman–Crippen MR) is 97.6 cm³/mol. The van der Waals surface area contributed by atoms with Crippen LogP contribution < -0.4 is 14.8 Å². The molecule has 4 nitrogen and oxygen atoms in total. The molecule has 0 atom stereocenters. The van der Waals surface area contributed by atoms with E-state index >= 15 is 0 Å². The van der Waals surface area contributed by atoms with Crippen LogP contribution in [0.3, 0.4) is 0 Å². The minimum atomic E-state index is -0.167. The summed E-state index contributed by atoms with van der Waals surface area (Å²) in [5.74, 6) is 1.14. The molecule has 1 amide bonds. The summed E-state index contributed by atoms with van der Waals surface area (Å²) < 4.78 is 11.1. The van der Waals surface area contributed by atoms with E-state index in [4.69, 9.17) is 32.7 Å². The molecule has 6 heteroatoms. The monoisotopic (exact) mass is 367 g/mol. The zero-order chi connectivity index (χ0) is 17.5. The molecular weight excluding hydrogens is 349 g/mol. The highest BCUT2D eigenvalue weighted by atomic mass is 35.5. The molecule has 24 heavy (non-hydrogen) atoms. The first-order chi connectivity index (χ1) is 11.5. The third-order valence-corrected chi connectivity index (χ3v) is 3.56. The minimum absolute atomic E-state index is 0.167. The van der Waals surface area contributed by atoms with E-state index in [2.05, 4.69) is 5.32 Å². The van der Waals surface area contributed by atoms with Crippen LogP contribution in [0.25, 0.3) is 0 Å². The van der Waals surface area contributed by atoms with Gasteiger partial charge in [0, 0.05) is 15.7 Å². The Kier molecular flexibility index (Phi) is 6.76. The highest BCUT2D eigenvalue weighted by Gasteiger charge is 2.10. The number of nitrogens with one attached hydrogen (secondary N) is 1. The van der Waals surface area contributed by atoms with Crippen LogP contribution in [0.1, 0.15) is 19.4 Å². The van der Waals surface area contributed by atoms with Gasteiger partial charge in [0.15, 0.2) is 11.5 Å².